The van der Waals surface area contributed by atoms with Crippen molar-refractivity contribution in [2.24, 2.45) is 0 Å². The third-order valence-corrected chi connectivity index (χ3v) is 3.21. The van der Waals surface area contributed by atoms with Gasteiger partial charge in [0.15, 0.2) is 5.69 Å². The molecule has 0 aliphatic carbocycles. The van der Waals surface area contributed by atoms with Crippen molar-refractivity contribution in [3.05, 3.63) is 59.8 Å². The number of esters is 1. The Bertz CT molecular complexity index is 780. The number of para-hydroxylation sites is 2. The summed E-state index contributed by atoms with van der Waals surface area (Å²) in [5.74, 6) is 0.232. The van der Waals surface area contributed by atoms with E-state index in [0.717, 1.165) is 16.5 Å². The molecule has 1 heterocycles. The van der Waals surface area contributed by atoms with Gasteiger partial charge in [0.25, 0.3) is 0 Å². The van der Waals surface area contributed by atoms with Crippen molar-refractivity contribution in [2.75, 3.05) is 7.11 Å². The highest BCUT2D eigenvalue weighted by Gasteiger charge is 2.15. The lowest BCUT2D eigenvalue weighted by Crippen LogP contribution is -2.07. The van der Waals surface area contributed by atoms with Crippen molar-refractivity contribution in [2.45, 2.75) is 6.61 Å². The Morgan fingerprint density at radius 2 is 1.90 bits per heavy atom. The topological polar surface area (TPSA) is 64.2 Å². The number of ether oxygens (including phenoxy) is 2. The van der Waals surface area contributed by atoms with Crippen LogP contribution in [0.1, 0.15) is 16.1 Å². The van der Waals surface area contributed by atoms with E-state index < -0.39 is 5.97 Å². The fourth-order valence-corrected chi connectivity index (χ4v) is 2.15. The molecule has 0 aliphatic rings. The number of nitrogens with zero attached hydrogens (tertiary/aromatic N) is 1. The largest absolute Gasteiger partial charge is 0.496 e. The Morgan fingerprint density at radius 1 is 1.14 bits per heavy atom. The summed E-state index contributed by atoms with van der Waals surface area (Å²) in [6.07, 6.45) is 0. The van der Waals surface area contributed by atoms with Gasteiger partial charge in [-0.1, -0.05) is 36.4 Å². The van der Waals surface area contributed by atoms with Crippen LogP contribution in [0.25, 0.3) is 10.9 Å². The standard InChI is InChI=1S/C16H14N2O3/c1-20-14-9-5-2-6-11(14)10-21-16(19)15-12-7-3-4-8-13(12)17-18-15/h2-9H,10H2,1H3,(H,17,18). The SMILES string of the molecule is COc1ccccc1COC(=O)c1n[nH]c2ccccc12. The van der Waals surface area contributed by atoms with Crippen LogP contribution >= 0.6 is 0 Å². The van der Waals surface area contributed by atoms with Crippen molar-refractivity contribution in [1.29, 1.82) is 0 Å². The van der Waals surface area contributed by atoms with Gasteiger partial charge >= 0.3 is 5.97 Å². The molecule has 5 heteroatoms. The Morgan fingerprint density at radius 3 is 2.76 bits per heavy atom. The summed E-state index contributed by atoms with van der Waals surface area (Å²) in [6, 6.07) is 14.8. The molecule has 21 heavy (non-hydrogen) atoms. The first kappa shape index (κ1) is 13.2. The van der Waals surface area contributed by atoms with E-state index in [-0.39, 0.29) is 6.61 Å². The second-order valence-corrected chi connectivity index (χ2v) is 4.51. The molecule has 3 aromatic rings. The first-order valence-electron chi connectivity index (χ1n) is 6.51. The molecule has 0 amide bonds. The van der Waals surface area contributed by atoms with Crippen LogP contribution in [-0.2, 0) is 11.3 Å². The summed E-state index contributed by atoms with van der Waals surface area (Å²) in [6.45, 7) is 0.143. The van der Waals surface area contributed by atoms with Gasteiger partial charge in [-0.05, 0) is 12.1 Å². The highest BCUT2D eigenvalue weighted by Crippen LogP contribution is 2.20. The first-order valence-corrected chi connectivity index (χ1v) is 6.51. The van der Waals surface area contributed by atoms with Gasteiger partial charge in [0, 0.05) is 10.9 Å². The summed E-state index contributed by atoms with van der Waals surface area (Å²) < 4.78 is 10.5. The summed E-state index contributed by atoms with van der Waals surface area (Å²) in [5, 5.41) is 7.59. The molecule has 0 aliphatic heterocycles. The maximum Gasteiger partial charge on any atom is 0.359 e. The predicted octanol–water partition coefficient (Wildman–Crippen LogP) is 2.93. The number of methoxy groups -OCH3 is 1. The number of hydrogen-bond acceptors (Lipinski definition) is 4. The minimum absolute atomic E-state index is 0.143. The maximum absolute atomic E-state index is 12.1. The molecule has 1 aromatic heterocycles. The number of aromatic amines is 1. The van der Waals surface area contributed by atoms with Crippen LogP contribution in [0.2, 0.25) is 0 Å². The van der Waals surface area contributed by atoms with Gasteiger partial charge in [-0.3, -0.25) is 5.10 Å². The van der Waals surface area contributed by atoms with E-state index in [1.165, 1.54) is 0 Å². The van der Waals surface area contributed by atoms with Crippen LogP contribution in [-0.4, -0.2) is 23.3 Å². The Kier molecular flexibility index (Phi) is 3.55. The molecule has 0 saturated carbocycles. The number of hydrogen-bond donors (Lipinski definition) is 1. The molecule has 106 valence electrons. The molecule has 5 nitrogen and oxygen atoms in total. The fraction of sp³-hybridized carbons (Fsp3) is 0.125. The second-order valence-electron chi connectivity index (χ2n) is 4.51. The monoisotopic (exact) mass is 282 g/mol. The van der Waals surface area contributed by atoms with E-state index in [1.54, 1.807) is 7.11 Å². The quantitative estimate of drug-likeness (QED) is 0.747. The zero-order valence-electron chi connectivity index (χ0n) is 11.5. The van der Waals surface area contributed by atoms with Gasteiger partial charge in [0.2, 0.25) is 0 Å². The number of nitrogens with one attached hydrogen (secondary N) is 1. The van der Waals surface area contributed by atoms with E-state index >= 15 is 0 Å². The van der Waals surface area contributed by atoms with E-state index in [1.807, 2.05) is 48.5 Å². The second kappa shape index (κ2) is 5.66. The third kappa shape index (κ3) is 2.58. The summed E-state index contributed by atoms with van der Waals surface area (Å²) in [4.78, 5) is 12.1. The molecule has 0 unspecified atom stereocenters. The van der Waals surface area contributed by atoms with Crippen LogP contribution in [0.4, 0.5) is 0 Å². The Hall–Kier alpha value is -2.82. The predicted molar refractivity (Wildman–Crippen MR) is 78.2 cm³/mol. The van der Waals surface area contributed by atoms with Crippen LogP contribution in [0.15, 0.2) is 48.5 Å². The van der Waals surface area contributed by atoms with Crippen LogP contribution in [0.3, 0.4) is 0 Å². The van der Waals surface area contributed by atoms with Gasteiger partial charge in [0.05, 0.1) is 12.6 Å². The molecule has 1 N–H and O–H groups in total. The summed E-state index contributed by atoms with van der Waals surface area (Å²) >= 11 is 0. The number of fused-ring (bicyclic) bond motifs is 1. The van der Waals surface area contributed by atoms with Gasteiger partial charge in [-0.25, -0.2) is 4.79 Å². The fourth-order valence-electron chi connectivity index (χ4n) is 2.15. The average Bonchev–Trinajstić information content (AvgIpc) is 2.97. The van der Waals surface area contributed by atoms with Gasteiger partial charge in [-0.15, -0.1) is 0 Å². The van der Waals surface area contributed by atoms with Gasteiger partial charge in [-0.2, -0.15) is 5.10 Å². The van der Waals surface area contributed by atoms with Crippen molar-refractivity contribution in [3.63, 3.8) is 0 Å². The molecule has 0 saturated heterocycles. The number of carbonyl (C=O) groups excluding carboxylic acids is 1. The van der Waals surface area contributed by atoms with Crippen LogP contribution in [0, 0.1) is 0 Å². The van der Waals surface area contributed by atoms with Crippen molar-refractivity contribution in [3.8, 4) is 5.75 Å². The molecular formula is C16H14N2O3. The van der Waals surface area contributed by atoms with Crippen molar-refractivity contribution < 1.29 is 14.3 Å². The highest BCUT2D eigenvalue weighted by atomic mass is 16.5. The molecule has 0 bridgehead atoms. The minimum Gasteiger partial charge on any atom is -0.496 e. The Labute approximate surface area is 121 Å². The van der Waals surface area contributed by atoms with E-state index in [9.17, 15) is 4.79 Å². The number of benzene rings is 2. The van der Waals surface area contributed by atoms with Crippen molar-refractivity contribution in [1.82, 2.24) is 10.2 Å². The molecule has 0 spiro atoms. The molecule has 0 radical (unpaired) electrons. The number of aromatic nitrogens is 2. The lowest BCUT2D eigenvalue weighted by molar-refractivity contribution is 0.0465. The first-order chi connectivity index (χ1) is 10.3. The lowest BCUT2D eigenvalue weighted by Gasteiger charge is -2.08. The molecule has 2 aromatic carbocycles. The number of H-pyrrole nitrogens is 1. The Balaban J connectivity index is 1.78. The summed E-state index contributed by atoms with van der Waals surface area (Å²) in [7, 11) is 1.59. The highest BCUT2D eigenvalue weighted by molar-refractivity contribution is 6.01. The normalized spacial score (nSPS) is 10.5. The summed E-state index contributed by atoms with van der Waals surface area (Å²) in [5.41, 5.74) is 1.91. The van der Waals surface area contributed by atoms with Gasteiger partial charge in [0.1, 0.15) is 12.4 Å². The lowest BCUT2D eigenvalue weighted by atomic mass is 10.2. The minimum atomic E-state index is -0.460. The van der Waals surface area contributed by atoms with E-state index in [0.29, 0.717) is 11.4 Å². The van der Waals surface area contributed by atoms with E-state index in [4.69, 9.17) is 9.47 Å². The number of rotatable bonds is 4. The number of carbonyl (C=O) groups is 1. The van der Waals surface area contributed by atoms with Crippen LogP contribution < -0.4 is 4.74 Å². The molecular weight excluding hydrogens is 268 g/mol. The average molecular weight is 282 g/mol. The van der Waals surface area contributed by atoms with Crippen LogP contribution in [0.5, 0.6) is 5.75 Å². The molecule has 0 fully saturated rings. The smallest absolute Gasteiger partial charge is 0.359 e. The molecule has 3 rings (SSSR count). The maximum atomic E-state index is 12.1. The third-order valence-electron chi connectivity index (χ3n) is 3.21. The zero-order valence-corrected chi connectivity index (χ0v) is 11.5. The van der Waals surface area contributed by atoms with Crippen molar-refractivity contribution >= 4 is 16.9 Å². The van der Waals surface area contributed by atoms with Gasteiger partial charge < -0.3 is 9.47 Å². The molecule has 0 atom stereocenters. The zero-order chi connectivity index (χ0) is 14.7. The van der Waals surface area contributed by atoms with E-state index in [2.05, 4.69) is 10.2 Å².